The normalized spacial score (nSPS) is 20.4. The van der Waals surface area contributed by atoms with E-state index in [1.54, 1.807) is 22.0 Å². The number of nitrogens with zero attached hydrogens (tertiary/aromatic N) is 5. The number of ether oxygens (including phenoxy) is 1. The van der Waals surface area contributed by atoms with Crippen molar-refractivity contribution in [1.29, 1.82) is 0 Å². The number of aromatic nitrogens is 3. The maximum absolute atomic E-state index is 13.0. The quantitative estimate of drug-likeness (QED) is 0.686. The predicted octanol–water partition coefficient (Wildman–Crippen LogP) is 1.58. The van der Waals surface area contributed by atoms with Gasteiger partial charge >= 0.3 is 0 Å². The number of carbonyl (C=O) groups excluding carboxylic acids is 1. The molecule has 3 aromatic heterocycles. The first-order valence-electron chi connectivity index (χ1n) is 8.79. The number of rotatable bonds is 2. The predicted molar refractivity (Wildman–Crippen MR) is 98.4 cm³/mol. The zero-order valence-corrected chi connectivity index (χ0v) is 15.1. The van der Waals surface area contributed by atoms with Crippen LogP contribution in [-0.4, -0.2) is 57.8 Å². The first-order chi connectivity index (χ1) is 12.8. The Labute approximate surface area is 154 Å². The summed E-state index contributed by atoms with van der Waals surface area (Å²) in [6, 6.07) is 5.93. The molecule has 0 aromatic carbocycles. The monoisotopic (exact) mass is 369 g/mol. The Hall–Kier alpha value is -2.45. The molecule has 0 radical (unpaired) electrons. The van der Waals surface area contributed by atoms with Gasteiger partial charge in [-0.15, -0.1) is 11.3 Å². The molecule has 1 atom stereocenters. The highest BCUT2D eigenvalue weighted by Crippen LogP contribution is 2.25. The topological polar surface area (TPSA) is 63.0 Å². The van der Waals surface area contributed by atoms with Gasteiger partial charge in [-0.3, -0.25) is 4.79 Å². The number of fused-ring (bicyclic) bond motifs is 2. The highest BCUT2D eigenvalue weighted by atomic mass is 32.1. The van der Waals surface area contributed by atoms with E-state index in [1.165, 1.54) is 10.4 Å². The van der Waals surface area contributed by atoms with Crippen LogP contribution in [0.5, 0.6) is 0 Å². The van der Waals surface area contributed by atoms with Crippen molar-refractivity contribution in [2.45, 2.75) is 19.1 Å². The second-order valence-corrected chi connectivity index (χ2v) is 7.60. The van der Waals surface area contributed by atoms with Crippen LogP contribution in [0.1, 0.15) is 10.4 Å². The Bertz CT molecular complexity index is 952. The van der Waals surface area contributed by atoms with Gasteiger partial charge in [0.25, 0.3) is 5.91 Å². The molecule has 134 valence electrons. The molecule has 1 unspecified atom stereocenters. The molecule has 2 aliphatic rings. The SMILES string of the molecule is O=C(C1CN(c2ccn3nccc3n2)CCO1)N1CCc2sccc2C1. The Morgan fingerprint density at radius 2 is 2.23 bits per heavy atom. The zero-order valence-electron chi connectivity index (χ0n) is 14.2. The van der Waals surface area contributed by atoms with Crippen molar-refractivity contribution < 1.29 is 9.53 Å². The minimum Gasteiger partial charge on any atom is -0.365 e. The van der Waals surface area contributed by atoms with E-state index < -0.39 is 6.10 Å². The van der Waals surface area contributed by atoms with Gasteiger partial charge in [-0.05, 0) is 29.5 Å². The summed E-state index contributed by atoms with van der Waals surface area (Å²) in [7, 11) is 0. The molecular weight excluding hydrogens is 350 g/mol. The Kier molecular flexibility index (Phi) is 3.86. The summed E-state index contributed by atoms with van der Waals surface area (Å²) < 4.78 is 7.55. The second-order valence-electron chi connectivity index (χ2n) is 6.60. The third kappa shape index (κ3) is 2.75. The lowest BCUT2D eigenvalue weighted by atomic mass is 10.1. The molecule has 5 heterocycles. The zero-order chi connectivity index (χ0) is 17.5. The highest BCUT2D eigenvalue weighted by molar-refractivity contribution is 7.10. The van der Waals surface area contributed by atoms with Crippen LogP contribution in [-0.2, 0) is 22.5 Å². The largest absolute Gasteiger partial charge is 0.365 e. The summed E-state index contributed by atoms with van der Waals surface area (Å²) in [6.45, 7) is 3.25. The molecule has 0 saturated carbocycles. The molecule has 1 amide bonds. The van der Waals surface area contributed by atoms with Gasteiger partial charge in [0.2, 0.25) is 0 Å². The van der Waals surface area contributed by atoms with Crippen molar-refractivity contribution in [2.75, 3.05) is 31.1 Å². The third-order valence-corrected chi connectivity index (χ3v) is 6.05. The standard InChI is InChI=1S/C18H19N5O2S/c24-18(22-6-2-15-13(11-22)4-10-26-15)14-12-21(8-9-25-14)16-3-7-23-17(20-16)1-5-19-23/h1,3-5,7,10,14H,2,6,8-9,11-12H2. The minimum absolute atomic E-state index is 0.0805. The van der Waals surface area contributed by atoms with Gasteiger partial charge in [0, 0.05) is 36.8 Å². The molecule has 0 aliphatic carbocycles. The van der Waals surface area contributed by atoms with Gasteiger partial charge in [0.1, 0.15) is 5.82 Å². The van der Waals surface area contributed by atoms with E-state index in [4.69, 9.17) is 4.74 Å². The van der Waals surface area contributed by atoms with E-state index in [1.807, 2.05) is 23.2 Å². The Balaban J connectivity index is 1.31. The molecule has 3 aromatic rings. The Morgan fingerprint density at radius 1 is 1.27 bits per heavy atom. The van der Waals surface area contributed by atoms with Gasteiger partial charge < -0.3 is 14.5 Å². The maximum atomic E-state index is 13.0. The summed E-state index contributed by atoms with van der Waals surface area (Å²) in [4.78, 5) is 23.1. The number of morpholine rings is 1. The molecular formula is C18H19N5O2S. The van der Waals surface area contributed by atoms with Crippen LogP contribution < -0.4 is 4.90 Å². The number of anilines is 1. The van der Waals surface area contributed by atoms with Gasteiger partial charge in [-0.25, -0.2) is 9.50 Å². The highest BCUT2D eigenvalue weighted by Gasteiger charge is 2.32. The van der Waals surface area contributed by atoms with E-state index in [0.29, 0.717) is 19.7 Å². The number of thiophene rings is 1. The van der Waals surface area contributed by atoms with Gasteiger partial charge in [-0.2, -0.15) is 5.10 Å². The molecule has 7 nitrogen and oxygen atoms in total. The summed E-state index contributed by atoms with van der Waals surface area (Å²) >= 11 is 1.78. The fourth-order valence-corrected chi connectivity index (χ4v) is 4.52. The van der Waals surface area contributed by atoms with Crippen LogP contribution in [0.25, 0.3) is 5.65 Å². The third-order valence-electron chi connectivity index (χ3n) is 5.03. The smallest absolute Gasteiger partial charge is 0.253 e. The lowest BCUT2D eigenvalue weighted by molar-refractivity contribution is -0.145. The molecule has 8 heteroatoms. The van der Waals surface area contributed by atoms with Crippen molar-refractivity contribution >= 4 is 28.7 Å². The minimum atomic E-state index is -0.438. The number of carbonyl (C=O) groups is 1. The van der Waals surface area contributed by atoms with E-state index >= 15 is 0 Å². The lowest BCUT2D eigenvalue weighted by Gasteiger charge is -2.36. The Morgan fingerprint density at radius 3 is 3.19 bits per heavy atom. The molecule has 2 aliphatic heterocycles. The van der Waals surface area contributed by atoms with Gasteiger partial charge in [0.15, 0.2) is 11.8 Å². The van der Waals surface area contributed by atoms with Crippen LogP contribution in [0.4, 0.5) is 5.82 Å². The van der Waals surface area contributed by atoms with Crippen molar-refractivity contribution in [1.82, 2.24) is 19.5 Å². The molecule has 0 N–H and O–H groups in total. The van der Waals surface area contributed by atoms with E-state index in [0.717, 1.165) is 31.0 Å². The van der Waals surface area contributed by atoms with Crippen LogP contribution >= 0.6 is 11.3 Å². The summed E-state index contributed by atoms with van der Waals surface area (Å²) in [5, 5.41) is 6.28. The van der Waals surface area contributed by atoms with Crippen molar-refractivity contribution in [3.63, 3.8) is 0 Å². The maximum Gasteiger partial charge on any atom is 0.253 e. The van der Waals surface area contributed by atoms with Crippen molar-refractivity contribution in [3.05, 3.63) is 46.4 Å². The van der Waals surface area contributed by atoms with E-state index in [2.05, 4.69) is 26.4 Å². The molecule has 5 rings (SSSR count). The van der Waals surface area contributed by atoms with Crippen molar-refractivity contribution in [3.8, 4) is 0 Å². The average molecular weight is 369 g/mol. The van der Waals surface area contributed by atoms with Crippen LogP contribution in [0, 0.1) is 0 Å². The summed E-state index contributed by atoms with van der Waals surface area (Å²) in [5.41, 5.74) is 2.08. The van der Waals surface area contributed by atoms with Gasteiger partial charge in [0.05, 0.1) is 19.3 Å². The summed E-state index contributed by atoms with van der Waals surface area (Å²) in [6.07, 6.45) is 4.13. The van der Waals surface area contributed by atoms with Crippen LogP contribution in [0.15, 0.2) is 36.0 Å². The van der Waals surface area contributed by atoms with E-state index in [9.17, 15) is 4.79 Å². The fourth-order valence-electron chi connectivity index (χ4n) is 3.63. The molecule has 1 saturated heterocycles. The average Bonchev–Trinajstić information content (AvgIpc) is 3.35. The molecule has 1 fully saturated rings. The molecule has 0 spiro atoms. The molecule has 26 heavy (non-hydrogen) atoms. The van der Waals surface area contributed by atoms with E-state index in [-0.39, 0.29) is 5.91 Å². The fraction of sp³-hybridized carbons (Fsp3) is 0.389. The first kappa shape index (κ1) is 15.8. The first-order valence-corrected chi connectivity index (χ1v) is 9.67. The number of hydrogen-bond acceptors (Lipinski definition) is 6. The van der Waals surface area contributed by atoms with Crippen LogP contribution in [0.2, 0.25) is 0 Å². The number of amides is 1. The molecule has 0 bridgehead atoms. The summed E-state index contributed by atoms with van der Waals surface area (Å²) in [5.74, 6) is 0.940. The number of hydrogen-bond donors (Lipinski definition) is 0. The lowest BCUT2D eigenvalue weighted by Crippen LogP contribution is -2.52. The van der Waals surface area contributed by atoms with Gasteiger partial charge in [-0.1, -0.05) is 0 Å². The van der Waals surface area contributed by atoms with Crippen molar-refractivity contribution in [2.24, 2.45) is 0 Å². The van der Waals surface area contributed by atoms with Crippen LogP contribution in [0.3, 0.4) is 0 Å². The second kappa shape index (κ2) is 6.37.